The summed E-state index contributed by atoms with van der Waals surface area (Å²) in [4.78, 5) is 14.8. The van der Waals surface area contributed by atoms with Crippen molar-refractivity contribution in [2.45, 2.75) is 53.1 Å². The molecule has 0 bridgehead atoms. The molecule has 1 atom stereocenters. The predicted octanol–water partition coefficient (Wildman–Crippen LogP) is 3.90. The number of benzene rings is 1. The van der Waals surface area contributed by atoms with Crippen LogP contribution < -0.4 is 0 Å². The van der Waals surface area contributed by atoms with Crippen molar-refractivity contribution in [1.82, 2.24) is 4.90 Å². The molecule has 0 amide bonds. The monoisotopic (exact) mass is 273 g/mol. The quantitative estimate of drug-likeness (QED) is 0.811. The number of Topliss-reactive ketones (excluding diaryl/α,β-unsaturated/α-hetero) is 1. The minimum absolute atomic E-state index is 0.111. The normalized spacial score (nSPS) is 21.9. The number of ketones is 1. The van der Waals surface area contributed by atoms with Crippen molar-refractivity contribution < 1.29 is 4.79 Å². The first kappa shape index (κ1) is 15.2. The van der Waals surface area contributed by atoms with Gasteiger partial charge in [0.2, 0.25) is 0 Å². The highest BCUT2D eigenvalue weighted by Crippen LogP contribution is 2.38. The molecular weight excluding hydrogens is 246 g/mol. The van der Waals surface area contributed by atoms with E-state index < -0.39 is 0 Å². The Hall–Kier alpha value is -1.15. The highest BCUT2D eigenvalue weighted by Gasteiger charge is 2.40. The number of carbonyl (C=O) groups is 1. The van der Waals surface area contributed by atoms with Crippen LogP contribution in [0.4, 0.5) is 0 Å². The Morgan fingerprint density at radius 1 is 1.25 bits per heavy atom. The molecule has 1 aromatic rings. The van der Waals surface area contributed by atoms with Gasteiger partial charge >= 0.3 is 0 Å². The molecule has 0 radical (unpaired) electrons. The molecule has 0 heterocycles. The Kier molecular flexibility index (Phi) is 4.64. The van der Waals surface area contributed by atoms with Crippen LogP contribution in [0, 0.1) is 11.3 Å². The zero-order chi connectivity index (χ0) is 14.8. The first-order chi connectivity index (χ1) is 9.40. The fourth-order valence-corrected chi connectivity index (χ4v) is 3.08. The molecule has 0 aromatic heterocycles. The molecule has 0 aliphatic heterocycles. The van der Waals surface area contributed by atoms with Crippen molar-refractivity contribution in [3.05, 3.63) is 35.9 Å². The number of rotatable bonds is 5. The maximum Gasteiger partial charge on any atom is 0.142 e. The van der Waals surface area contributed by atoms with Gasteiger partial charge < -0.3 is 0 Å². The van der Waals surface area contributed by atoms with E-state index >= 15 is 0 Å². The van der Waals surface area contributed by atoms with Gasteiger partial charge in [-0.15, -0.1) is 0 Å². The maximum absolute atomic E-state index is 12.4. The van der Waals surface area contributed by atoms with Crippen molar-refractivity contribution in [2.75, 3.05) is 6.54 Å². The molecule has 0 saturated heterocycles. The Labute approximate surface area is 123 Å². The van der Waals surface area contributed by atoms with Crippen LogP contribution in [-0.4, -0.2) is 23.3 Å². The molecule has 1 aromatic carbocycles. The van der Waals surface area contributed by atoms with Gasteiger partial charge in [0.05, 0.1) is 0 Å². The van der Waals surface area contributed by atoms with Crippen LogP contribution >= 0.6 is 0 Å². The highest BCUT2D eigenvalue weighted by atomic mass is 16.1. The van der Waals surface area contributed by atoms with Gasteiger partial charge in [0.25, 0.3) is 0 Å². The van der Waals surface area contributed by atoms with E-state index in [2.05, 4.69) is 56.9 Å². The second-order valence-electron chi connectivity index (χ2n) is 6.99. The third kappa shape index (κ3) is 3.49. The third-order valence-electron chi connectivity index (χ3n) is 4.57. The van der Waals surface area contributed by atoms with E-state index in [4.69, 9.17) is 0 Å². The lowest BCUT2D eigenvalue weighted by Crippen LogP contribution is -2.37. The molecule has 1 unspecified atom stereocenters. The van der Waals surface area contributed by atoms with Crippen LogP contribution in [0.3, 0.4) is 0 Å². The molecule has 1 aliphatic rings. The van der Waals surface area contributed by atoms with Gasteiger partial charge in [-0.05, 0) is 32.3 Å². The Balaban J connectivity index is 2.02. The van der Waals surface area contributed by atoms with E-state index in [9.17, 15) is 4.79 Å². The summed E-state index contributed by atoms with van der Waals surface area (Å²) in [6, 6.07) is 11.0. The fraction of sp³-hybridized carbons (Fsp3) is 0.611. The van der Waals surface area contributed by atoms with Crippen molar-refractivity contribution in [3.8, 4) is 0 Å². The minimum Gasteiger partial charge on any atom is -0.299 e. The van der Waals surface area contributed by atoms with Gasteiger partial charge in [-0.2, -0.15) is 0 Å². The standard InChI is InChI=1S/C18H27NO/c1-14(2)19(12-15-8-6-5-7-9-15)13-16-10-11-18(3,4)17(16)20/h5-9,14,16H,10-13H2,1-4H3. The summed E-state index contributed by atoms with van der Waals surface area (Å²) in [7, 11) is 0. The predicted molar refractivity (Wildman–Crippen MR) is 83.5 cm³/mol. The summed E-state index contributed by atoms with van der Waals surface area (Å²) in [6.45, 7) is 10.4. The van der Waals surface area contributed by atoms with E-state index in [1.165, 1.54) is 5.56 Å². The summed E-state index contributed by atoms with van der Waals surface area (Å²) in [5.41, 5.74) is 1.21. The third-order valence-corrected chi connectivity index (χ3v) is 4.57. The van der Waals surface area contributed by atoms with Crippen molar-refractivity contribution in [3.63, 3.8) is 0 Å². The van der Waals surface area contributed by atoms with E-state index in [0.29, 0.717) is 11.8 Å². The van der Waals surface area contributed by atoms with Gasteiger partial charge in [-0.3, -0.25) is 9.69 Å². The molecule has 0 N–H and O–H groups in total. The molecule has 0 spiro atoms. The Morgan fingerprint density at radius 2 is 1.90 bits per heavy atom. The Bertz CT molecular complexity index is 450. The molecule has 1 fully saturated rings. The van der Waals surface area contributed by atoms with Crippen LogP contribution in [-0.2, 0) is 11.3 Å². The summed E-state index contributed by atoms with van der Waals surface area (Å²) < 4.78 is 0. The molecule has 1 aliphatic carbocycles. The Morgan fingerprint density at radius 3 is 2.40 bits per heavy atom. The van der Waals surface area contributed by atoms with E-state index in [1.807, 2.05) is 6.07 Å². The first-order valence-electron chi connectivity index (χ1n) is 7.72. The largest absolute Gasteiger partial charge is 0.299 e. The van der Waals surface area contributed by atoms with Gasteiger partial charge in [-0.1, -0.05) is 44.2 Å². The van der Waals surface area contributed by atoms with Crippen LogP contribution in [0.5, 0.6) is 0 Å². The van der Waals surface area contributed by atoms with E-state index in [-0.39, 0.29) is 11.3 Å². The summed E-state index contributed by atoms with van der Waals surface area (Å²) in [5, 5.41) is 0. The first-order valence-corrected chi connectivity index (χ1v) is 7.72. The van der Waals surface area contributed by atoms with Gasteiger partial charge in [0.15, 0.2) is 0 Å². The van der Waals surface area contributed by atoms with Crippen LogP contribution in [0.25, 0.3) is 0 Å². The van der Waals surface area contributed by atoms with E-state index in [0.717, 1.165) is 25.9 Å². The van der Waals surface area contributed by atoms with Crippen LogP contribution in [0.2, 0.25) is 0 Å². The molecule has 2 rings (SSSR count). The lowest BCUT2D eigenvalue weighted by molar-refractivity contribution is -0.128. The van der Waals surface area contributed by atoms with Gasteiger partial charge in [-0.25, -0.2) is 0 Å². The van der Waals surface area contributed by atoms with Gasteiger partial charge in [0.1, 0.15) is 5.78 Å². The molecule has 2 heteroatoms. The minimum atomic E-state index is -0.111. The molecule has 110 valence electrons. The SMILES string of the molecule is CC(C)N(Cc1ccccc1)CC1CCC(C)(C)C1=O. The second kappa shape index (κ2) is 6.09. The van der Waals surface area contributed by atoms with Crippen molar-refractivity contribution in [1.29, 1.82) is 0 Å². The van der Waals surface area contributed by atoms with Crippen LogP contribution in [0.15, 0.2) is 30.3 Å². The van der Waals surface area contributed by atoms with Crippen molar-refractivity contribution in [2.24, 2.45) is 11.3 Å². The smallest absolute Gasteiger partial charge is 0.142 e. The topological polar surface area (TPSA) is 20.3 Å². The van der Waals surface area contributed by atoms with Crippen LogP contribution in [0.1, 0.15) is 46.1 Å². The zero-order valence-electron chi connectivity index (χ0n) is 13.2. The second-order valence-corrected chi connectivity index (χ2v) is 6.99. The average Bonchev–Trinajstić information content (AvgIpc) is 2.66. The number of nitrogens with zero attached hydrogens (tertiary/aromatic N) is 1. The number of hydrogen-bond donors (Lipinski definition) is 0. The summed E-state index contributed by atoms with van der Waals surface area (Å²) >= 11 is 0. The lowest BCUT2D eigenvalue weighted by atomic mass is 9.89. The maximum atomic E-state index is 12.4. The molecule has 20 heavy (non-hydrogen) atoms. The fourth-order valence-electron chi connectivity index (χ4n) is 3.08. The molecular formula is C18H27NO. The molecule has 2 nitrogen and oxygen atoms in total. The van der Waals surface area contributed by atoms with Crippen molar-refractivity contribution >= 4 is 5.78 Å². The van der Waals surface area contributed by atoms with E-state index in [1.54, 1.807) is 0 Å². The highest BCUT2D eigenvalue weighted by molar-refractivity contribution is 5.88. The summed E-state index contributed by atoms with van der Waals surface area (Å²) in [6.07, 6.45) is 2.08. The number of carbonyl (C=O) groups excluding carboxylic acids is 1. The zero-order valence-corrected chi connectivity index (χ0v) is 13.2. The number of hydrogen-bond acceptors (Lipinski definition) is 2. The average molecular weight is 273 g/mol. The van der Waals surface area contributed by atoms with Gasteiger partial charge in [0, 0.05) is 30.5 Å². The molecule has 1 saturated carbocycles. The lowest BCUT2D eigenvalue weighted by Gasteiger charge is -2.29. The summed E-state index contributed by atoms with van der Waals surface area (Å²) in [5.74, 6) is 0.673.